The minimum absolute atomic E-state index is 0.252. The van der Waals surface area contributed by atoms with Crippen LogP contribution in [0.15, 0.2) is 42.5 Å². The van der Waals surface area contributed by atoms with Gasteiger partial charge in [-0.25, -0.2) is 0 Å². The molecule has 0 saturated heterocycles. The lowest BCUT2D eigenvalue weighted by Crippen LogP contribution is -2.04. The predicted molar refractivity (Wildman–Crippen MR) is 67.4 cm³/mol. The highest BCUT2D eigenvalue weighted by Crippen LogP contribution is 2.33. The van der Waals surface area contributed by atoms with Gasteiger partial charge < -0.3 is 10.5 Å². The van der Waals surface area contributed by atoms with Gasteiger partial charge in [0.25, 0.3) is 0 Å². The molecule has 2 nitrogen and oxygen atoms in total. The van der Waals surface area contributed by atoms with Gasteiger partial charge in [0.05, 0.1) is 11.3 Å². The third-order valence-electron chi connectivity index (χ3n) is 2.39. The van der Waals surface area contributed by atoms with E-state index < -0.39 is 11.7 Å². The van der Waals surface area contributed by atoms with E-state index in [2.05, 4.69) is 0 Å². The van der Waals surface area contributed by atoms with Crippen LogP contribution in [-0.2, 0) is 6.18 Å². The molecule has 0 atom stereocenters. The molecule has 2 aromatic carbocycles. The van der Waals surface area contributed by atoms with Crippen molar-refractivity contribution in [3.63, 3.8) is 0 Å². The maximum atomic E-state index is 12.4. The van der Waals surface area contributed by atoms with Crippen molar-refractivity contribution < 1.29 is 17.9 Å². The molecule has 0 fully saturated rings. The molecule has 0 heterocycles. The fourth-order valence-corrected chi connectivity index (χ4v) is 1.60. The molecule has 0 spiro atoms. The summed E-state index contributed by atoms with van der Waals surface area (Å²) in [6.07, 6.45) is -4.37. The first-order valence-corrected chi connectivity index (χ1v) is 5.64. The predicted octanol–water partition coefficient (Wildman–Crippen LogP) is 4.73. The molecule has 0 aliphatic rings. The molecule has 0 saturated carbocycles. The van der Waals surface area contributed by atoms with Crippen molar-refractivity contribution in [3.8, 4) is 11.5 Å². The highest BCUT2D eigenvalue weighted by molar-refractivity contribution is 6.30. The van der Waals surface area contributed by atoms with Gasteiger partial charge >= 0.3 is 6.18 Å². The second-order valence-electron chi connectivity index (χ2n) is 3.81. The summed E-state index contributed by atoms with van der Waals surface area (Å²) in [7, 11) is 0. The summed E-state index contributed by atoms with van der Waals surface area (Å²) < 4.78 is 42.5. The van der Waals surface area contributed by atoms with E-state index in [0.717, 1.165) is 12.1 Å². The van der Waals surface area contributed by atoms with Crippen LogP contribution in [0.1, 0.15) is 5.56 Å². The standard InChI is InChI=1S/C13H9ClF3NO/c14-9-3-6-11(18)12(7-9)19-10-4-1-8(2-5-10)13(15,16)17/h1-7H,18H2. The Bertz CT molecular complexity index is 581. The van der Waals surface area contributed by atoms with Crippen molar-refractivity contribution in [2.24, 2.45) is 0 Å². The molecule has 2 rings (SSSR count). The second kappa shape index (κ2) is 5.01. The summed E-state index contributed by atoms with van der Waals surface area (Å²) in [5.74, 6) is 0.550. The summed E-state index contributed by atoms with van der Waals surface area (Å²) in [6, 6.07) is 8.98. The molecule has 0 radical (unpaired) electrons. The minimum atomic E-state index is -4.37. The Kier molecular flexibility index (Phi) is 3.57. The monoisotopic (exact) mass is 287 g/mol. The second-order valence-corrected chi connectivity index (χ2v) is 4.24. The fraction of sp³-hybridized carbons (Fsp3) is 0.0769. The smallest absolute Gasteiger partial charge is 0.416 e. The number of rotatable bonds is 2. The van der Waals surface area contributed by atoms with Gasteiger partial charge in [0, 0.05) is 11.1 Å². The zero-order chi connectivity index (χ0) is 14.0. The van der Waals surface area contributed by atoms with Gasteiger partial charge in [-0.05, 0) is 36.4 Å². The molecular formula is C13H9ClF3NO. The SMILES string of the molecule is Nc1ccc(Cl)cc1Oc1ccc(C(F)(F)F)cc1. The maximum Gasteiger partial charge on any atom is 0.416 e. The van der Waals surface area contributed by atoms with Crippen molar-refractivity contribution in [1.29, 1.82) is 0 Å². The number of alkyl halides is 3. The van der Waals surface area contributed by atoms with Gasteiger partial charge in [0.1, 0.15) is 5.75 Å². The molecule has 0 unspecified atom stereocenters. The Hall–Kier alpha value is -1.88. The average molecular weight is 288 g/mol. The summed E-state index contributed by atoms with van der Waals surface area (Å²) in [5.41, 5.74) is 5.29. The molecule has 100 valence electrons. The Morgan fingerprint density at radius 2 is 1.63 bits per heavy atom. The van der Waals surface area contributed by atoms with E-state index in [1.807, 2.05) is 0 Å². The summed E-state index contributed by atoms with van der Waals surface area (Å²) in [6.45, 7) is 0. The quantitative estimate of drug-likeness (QED) is 0.810. The number of hydrogen-bond acceptors (Lipinski definition) is 2. The average Bonchev–Trinajstić information content (AvgIpc) is 2.33. The minimum Gasteiger partial charge on any atom is -0.455 e. The summed E-state index contributed by atoms with van der Waals surface area (Å²) >= 11 is 5.78. The van der Waals surface area contributed by atoms with Crippen LogP contribution in [0.5, 0.6) is 11.5 Å². The van der Waals surface area contributed by atoms with Gasteiger partial charge in [-0.3, -0.25) is 0 Å². The molecular weight excluding hydrogens is 279 g/mol. The number of halogens is 4. The van der Waals surface area contributed by atoms with Crippen LogP contribution in [0, 0.1) is 0 Å². The van der Waals surface area contributed by atoms with Gasteiger partial charge in [-0.2, -0.15) is 13.2 Å². The zero-order valence-electron chi connectivity index (χ0n) is 9.54. The maximum absolute atomic E-state index is 12.4. The Morgan fingerprint density at radius 1 is 1.00 bits per heavy atom. The number of anilines is 1. The molecule has 0 aromatic heterocycles. The van der Waals surface area contributed by atoms with E-state index in [0.29, 0.717) is 16.5 Å². The van der Waals surface area contributed by atoms with Crippen LogP contribution in [-0.4, -0.2) is 0 Å². The zero-order valence-corrected chi connectivity index (χ0v) is 10.3. The molecule has 0 amide bonds. The van der Waals surface area contributed by atoms with Gasteiger partial charge in [-0.1, -0.05) is 11.6 Å². The van der Waals surface area contributed by atoms with Crippen LogP contribution in [0.3, 0.4) is 0 Å². The fourth-order valence-electron chi connectivity index (χ4n) is 1.44. The van der Waals surface area contributed by atoms with E-state index >= 15 is 0 Å². The number of nitrogens with two attached hydrogens (primary N) is 1. The topological polar surface area (TPSA) is 35.2 Å². The lowest BCUT2D eigenvalue weighted by molar-refractivity contribution is -0.137. The number of ether oxygens (including phenoxy) is 1. The van der Waals surface area contributed by atoms with Crippen molar-refractivity contribution in [2.75, 3.05) is 5.73 Å². The number of benzene rings is 2. The van der Waals surface area contributed by atoms with Crippen LogP contribution in [0.2, 0.25) is 5.02 Å². The van der Waals surface area contributed by atoms with Gasteiger partial charge in [-0.15, -0.1) is 0 Å². The first-order valence-electron chi connectivity index (χ1n) is 5.26. The summed E-state index contributed by atoms with van der Waals surface area (Å²) in [5, 5.41) is 0.427. The van der Waals surface area contributed by atoms with Crippen LogP contribution < -0.4 is 10.5 Å². The van der Waals surface area contributed by atoms with Crippen LogP contribution in [0.25, 0.3) is 0 Å². The molecule has 6 heteroatoms. The molecule has 0 bridgehead atoms. The summed E-state index contributed by atoms with van der Waals surface area (Å²) in [4.78, 5) is 0. The first-order chi connectivity index (χ1) is 8.86. The molecule has 19 heavy (non-hydrogen) atoms. The van der Waals surface area contributed by atoms with Crippen molar-refractivity contribution >= 4 is 17.3 Å². The van der Waals surface area contributed by atoms with Crippen LogP contribution >= 0.6 is 11.6 Å². The molecule has 0 aliphatic carbocycles. The Morgan fingerprint density at radius 3 is 2.21 bits per heavy atom. The van der Waals surface area contributed by atoms with Gasteiger partial charge in [0.2, 0.25) is 0 Å². The van der Waals surface area contributed by atoms with E-state index in [1.165, 1.54) is 18.2 Å². The van der Waals surface area contributed by atoms with E-state index in [4.69, 9.17) is 22.1 Å². The highest BCUT2D eigenvalue weighted by Gasteiger charge is 2.30. The number of hydrogen-bond donors (Lipinski definition) is 1. The van der Waals surface area contributed by atoms with Gasteiger partial charge in [0.15, 0.2) is 5.75 Å². The Labute approximate surface area is 112 Å². The van der Waals surface area contributed by atoms with E-state index in [-0.39, 0.29) is 5.75 Å². The molecule has 2 aromatic rings. The highest BCUT2D eigenvalue weighted by atomic mass is 35.5. The third-order valence-corrected chi connectivity index (χ3v) is 2.62. The van der Waals surface area contributed by atoms with Crippen molar-refractivity contribution in [3.05, 3.63) is 53.1 Å². The first kappa shape index (κ1) is 13.5. The van der Waals surface area contributed by atoms with Crippen LogP contribution in [0.4, 0.5) is 18.9 Å². The third kappa shape index (κ3) is 3.32. The molecule has 2 N–H and O–H groups in total. The number of nitrogen functional groups attached to an aromatic ring is 1. The Balaban J connectivity index is 2.22. The lowest BCUT2D eigenvalue weighted by atomic mass is 10.2. The van der Waals surface area contributed by atoms with E-state index in [1.54, 1.807) is 12.1 Å². The largest absolute Gasteiger partial charge is 0.455 e. The van der Waals surface area contributed by atoms with Crippen molar-refractivity contribution in [1.82, 2.24) is 0 Å². The lowest BCUT2D eigenvalue weighted by Gasteiger charge is -2.10. The van der Waals surface area contributed by atoms with E-state index in [9.17, 15) is 13.2 Å². The molecule has 0 aliphatic heterocycles. The van der Waals surface area contributed by atoms with Crippen molar-refractivity contribution in [2.45, 2.75) is 6.18 Å². The normalized spacial score (nSPS) is 11.4.